The molecular formula is C23H24IN3O4. The molecule has 0 saturated carbocycles. The molecule has 0 spiro atoms. The highest BCUT2D eigenvalue weighted by Gasteiger charge is 2.26. The Morgan fingerprint density at radius 2 is 2.10 bits per heavy atom. The first-order chi connectivity index (χ1) is 15.0. The van der Waals surface area contributed by atoms with Crippen LogP contribution in [0.1, 0.15) is 24.0 Å². The lowest BCUT2D eigenvalue weighted by atomic mass is 10.1. The van der Waals surface area contributed by atoms with Crippen molar-refractivity contribution in [2.75, 3.05) is 25.2 Å². The molecule has 1 aliphatic heterocycles. The second-order valence-electron chi connectivity index (χ2n) is 7.64. The number of anilines is 1. The zero-order chi connectivity index (χ0) is 22.0. The first kappa shape index (κ1) is 21.6. The zero-order valence-corrected chi connectivity index (χ0v) is 19.3. The van der Waals surface area contributed by atoms with Gasteiger partial charge in [-0.2, -0.15) is 0 Å². The number of ether oxygens (including phenoxy) is 1. The van der Waals surface area contributed by atoms with E-state index < -0.39 is 0 Å². The van der Waals surface area contributed by atoms with E-state index >= 15 is 0 Å². The Morgan fingerprint density at radius 3 is 2.87 bits per heavy atom. The number of pyridine rings is 1. The van der Waals surface area contributed by atoms with Crippen molar-refractivity contribution in [2.24, 2.45) is 4.99 Å². The minimum atomic E-state index is -0.338. The lowest BCUT2D eigenvalue weighted by Crippen LogP contribution is -2.32. The van der Waals surface area contributed by atoms with Crippen molar-refractivity contribution in [3.8, 4) is 11.6 Å². The highest BCUT2D eigenvalue weighted by Crippen LogP contribution is 2.34. The molecule has 7 nitrogen and oxygen atoms in total. The molecular weight excluding hydrogens is 509 g/mol. The lowest BCUT2D eigenvalue weighted by Gasteiger charge is -2.27. The van der Waals surface area contributed by atoms with Crippen LogP contribution in [0.5, 0.6) is 11.6 Å². The molecule has 8 heteroatoms. The number of nitrogens with one attached hydrogen (secondary N) is 1. The Labute approximate surface area is 193 Å². The molecule has 1 fully saturated rings. The number of hydrogen-bond donors (Lipinski definition) is 3. The highest BCUT2D eigenvalue weighted by molar-refractivity contribution is 14.1. The first-order valence-corrected chi connectivity index (χ1v) is 11.2. The smallest absolute Gasteiger partial charge is 0.258 e. The van der Waals surface area contributed by atoms with Gasteiger partial charge in [0.1, 0.15) is 5.75 Å². The normalized spacial score (nSPS) is 16.6. The molecule has 1 aromatic heterocycles. The molecule has 0 unspecified atom stereocenters. The number of fused-ring (bicyclic) bond motifs is 1. The number of rotatable bonds is 6. The average molecular weight is 533 g/mol. The van der Waals surface area contributed by atoms with Crippen LogP contribution in [-0.4, -0.2) is 47.7 Å². The molecule has 1 saturated heterocycles. The van der Waals surface area contributed by atoms with E-state index in [9.17, 15) is 15.0 Å². The maximum atomic E-state index is 12.1. The largest absolute Gasteiger partial charge is 0.506 e. The van der Waals surface area contributed by atoms with Crippen molar-refractivity contribution >= 4 is 45.3 Å². The topological polar surface area (TPSA) is 98.2 Å². The number of methoxy groups -OCH3 is 1. The quantitative estimate of drug-likeness (QED) is 0.331. The Hall–Kier alpha value is -2.59. The van der Waals surface area contributed by atoms with Crippen molar-refractivity contribution in [1.29, 1.82) is 0 Å². The average Bonchev–Trinajstić information content (AvgIpc) is 3.18. The molecule has 0 radical (unpaired) electrons. The second-order valence-corrected chi connectivity index (χ2v) is 8.89. The predicted molar refractivity (Wildman–Crippen MR) is 131 cm³/mol. The van der Waals surface area contributed by atoms with E-state index in [-0.39, 0.29) is 23.2 Å². The summed E-state index contributed by atoms with van der Waals surface area (Å²) in [5.74, 6) is 0.0160. The van der Waals surface area contributed by atoms with E-state index in [1.165, 1.54) is 0 Å². The van der Waals surface area contributed by atoms with Gasteiger partial charge in [-0.3, -0.25) is 14.8 Å². The summed E-state index contributed by atoms with van der Waals surface area (Å²) in [4.78, 5) is 21.2. The molecule has 1 aliphatic rings. The number of hydrogen-bond acceptors (Lipinski definition) is 6. The number of H-pyrrole nitrogens is 1. The third-order valence-electron chi connectivity index (χ3n) is 5.58. The third kappa shape index (κ3) is 4.54. The van der Waals surface area contributed by atoms with Crippen LogP contribution in [0.3, 0.4) is 0 Å². The summed E-state index contributed by atoms with van der Waals surface area (Å²) >= 11 is 2.17. The first-order valence-electron chi connectivity index (χ1n) is 10.1. The van der Waals surface area contributed by atoms with Crippen molar-refractivity contribution in [1.82, 2.24) is 4.98 Å². The minimum Gasteiger partial charge on any atom is -0.506 e. The molecule has 162 valence electrons. The maximum absolute atomic E-state index is 12.1. The molecule has 2 aromatic carbocycles. The number of aromatic nitrogens is 1. The molecule has 3 aromatic rings. The summed E-state index contributed by atoms with van der Waals surface area (Å²) in [6.45, 7) is 1.87. The summed E-state index contributed by atoms with van der Waals surface area (Å²) in [7, 11) is 1.70. The van der Waals surface area contributed by atoms with Crippen molar-refractivity contribution in [3.05, 3.63) is 61.4 Å². The fourth-order valence-corrected chi connectivity index (χ4v) is 4.60. The Bertz CT molecular complexity index is 1190. The van der Waals surface area contributed by atoms with E-state index in [1.54, 1.807) is 25.5 Å². The van der Waals surface area contributed by atoms with Crippen LogP contribution in [0.15, 0.2) is 46.2 Å². The monoisotopic (exact) mass is 533 g/mol. The molecule has 0 amide bonds. The van der Waals surface area contributed by atoms with Crippen LogP contribution in [0.25, 0.3) is 10.8 Å². The second kappa shape index (κ2) is 9.27. The number of phenolic OH excluding ortho intramolecular Hbond substituents is 1. The van der Waals surface area contributed by atoms with Crippen molar-refractivity contribution in [3.63, 3.8) is 0 Å². The Balaban J connectivity index is 1.56. The Morgan fingerprint density at radius 1 is 1.26 bits per heavy atom. The third-order valence-corrected chi connectivity index (χ3v) is 6.25. The zero-order valence-electron chi connectivity index (χ0n) is 17.1. The summed E-state index contributed by atoms with van der Waals surface area (Å²) < 4.78 is 6.26. The summed E-state index contributed by atoms with van der Waals surface area (Å²) in [6, 6.07) is 11.3. The summed E-state index contributed by atoms with van der Waals surface area (Å²) in [6.07, 6.45) is 3.69. The number of nitrogens with zero attached hydrogens (tertiary/aromatic N) is 2. The molecule has 0 aliphatic carbocycles. The van der Waals surface area contributed by atoms with E-state index in [0.717, 1.165) is 34.2 Å². The fraction of sp³-hybridized carbons (Fsp3) is 0.304. The summed E-state index contributed by atoms with van der Waals surface area (Å²) in [5, 5.41) is 22.0. The van der Waals surface area contributed by atoms with Gasteiger partial charge in [0.2, 0.25) is 5.88 Å². The molecule has 1 atom stereocenters. The highest BCUT2D eigenvalue weighted by atomic mass is 127. The van der Waals surface area contributed by atoms with Crippen LogP contribution in [0.4, 0.5) is 5.69 Å². The van der Waals surface area contributed by atoms with Gasteiger partial charge in [-0.05, 0) is 71.3 Å². The van der Waals surface area contributed by atoms with Crippen LogP contribution < -0.4 is 10.5 Å². The number of halogens is 1. The maximum Gasteiger partial charge on any atom is 0.258 e. The van der Waals surface area contributed by atoms with E-state index in [2.05, 4.69) is 37.5 Å². The van der Waals surface area contributed by atoms with Gasteiger partial charge in [0.15, 0.2) is 0 Å². The predicted octanol–water partition coefficient (Wildman–Crippen LogP) is 3.78. The number of aromatic hydroxyl groups is 2. The van der Waals surface area contributed by atoms with Gasteiger partial charge in [0.25, 0.3) is 5.56 Å². The number of aromatic amines is 1. The summed E-state index contributed by atoms with van der Waals surface area (Å²) in [5.41, 5.74) is 1.79. The number of aliphatic imine (C=N–C) groups is 1. The molecule has 0 bridgehead atoms. The van der Waals surface area contributed by atoms with Gasteiger partial charge in [0.05, 0.1) is 30.4 Å². The van der Waals surface area contributed by atoms with Gasteiger partial charge in [-0.25, -0.2) is 0 Å². The number of benzene rings is 2. The van der Waals surface area contributed by atoms with E-state index in [4.69, 9.17) is 4.74 Å². The Kier molecular flexibility index (Phi) is 6.47. The molecule has 3 N–H and O–H groups in total. The van der Waals surface area contributed by atoms with Crippen LogP contribution >= 0.6 is 22.6 Å². The SMILES string of the molecule is COC[C@@H]1CCCN1c1ccc(CN=Cc2c(O)[nH]c(=O)c3ccc(I)cc23)cc1O. The van der Waals surface area contributed by atoms with E-state index in [0.29, 0.717) is 29.5 Å². The minimum absolute atomic E-state index is 0.209. The van der Waals surface area contributed by atoms with Crippen LogP contribution in [0, 0.1) is 3.57 Å². The van der Waals surface area contributed by atoms with Gasteiger partial charge in [-0.1, -0.05) is 6.07 Å². The van der Waals surface area contributed by atoms with E-state index in [1.807, 2.05) is 24.3 Å². The molecule has 2 heterocycles. The van der Waals surface area contributed by atoms with Gasteiger partial charge < -0.3 is 19.8 Å². The van der Waals surface area contributed by atoms with Crippen molar-refractivity contribution in [2.45, 2.75) is 25.4 Å². The number of phenols is 1. The lowest BCUT2D eigenvalue weighted by molar-refractivity contribution is 0.180. The van der Waals surface area contributed by atoms with Crippen molar-refractivity contribution < 1.29 is 14.9 Å². The molecule has 4 rings (SSSR count). The standard InChI is InChI=1S/C23H24IN3O4/c1-31-13-16-3-2-8-27(16)20-7-4-14(9-21(20)28)11-25-12-19-18-10-15(24)5-6-17(18)22(29)26-23(19)30/h4-7,9-10,12,16,28H,2-3,8,11,13H2,1H3,(H2,26,29,30)/t16-/m0/s1. The van der Waals surface area contributed by atoms with Crippen LogP contribution in [-0.2, 0) is 11.3 Å². The fourth-order valence-electron chi connectivity index (χ4n) is 4.11. The van der Waals surface area contributed by atoms with Gasteiger partial charge in [-0.15, -0.1) is 0 Å². The van der Waals surface area contributed by atoms with Gasteiger partial charge in [0, 0.05) is 34.2 Å². The van der Waals surface area contributed by atoms with Crippen LogP contribution in [0.2, 0.25) is 0 Å². The molecule has 31 heavy (non-hydrogen) atoms. The van der Waals surface area contributed by atoms with Gasteiger partial charge >= 0.3 is 0 Å².